The number of aliphatic hydroxyl groups is 1. The number of H-pyrrole nitrogens is 1. The van der Waals surface area contributed by atoms with Crippen LogP contribution in [0.2, 0.25) is 0 Å². The van der Waals surface area contributed by atoms with Crippen LogP contribution >= 0.6 is 0 Å². The second kappa shape index (κ2) is 3.77. The van der Waals surface area contributed by atoms with E-state index < -0.39 is 0 Å². The minimum Gasteiger partial charge on any atom is -0.393 e. The van der Waals surface area contributed by atoms with E-state index in [-0.39, 0.29) is 6.10 Å². The lowest BCUT2D eigenvalue weighted by atomic mass is 10.0. The number of hydrogen-bond donors (Lipinski definition) is 2. The number of hydrogen-bond acceptors (Lipinski definition) is 1. The normalized spacial score (nSPS) is 27.4. The lowest BCUT2D eigenvalue weighted by molar-refractivity contribution is 0.181. The highest BCUT2D eigenvalue weighted by Gasteiger charge is 2.25. The summed E-state index contributed by atoms with van der Waals surface area (Å²) >= 11 is 0. The smallest absolute Gasteiger partial charge is 0.0546 e. The van der Waals surface area contributed by atoms with Crippen molar-refractivity contribution in [1.29, 1.82) is 0 Å². The number of aliphatic hydroxyl groups excluding tert-OH is 1. The van der Waals surface area contributed by atoms with Crippen molar-refractivity contribution in [2.45, 2.75) is 51.0 Å². The number of rotatable bonds is 2. The van der Waals surface area contributed by atoms with E-state index in [2.05, 4.69) is 31.1 Å². The van der Waals surface area contributed by atoms with Crippen molar-refractivity contribution in [2.75, 3.05) is 0 Å². The monoisotopic (exact) mass is 193 g/mol. The summed E-state index contributed by atoms with van der Waals surface area (Å²) < 4.78 is 0. The maximum atomic E-state index is 9.46. The molecule has 1 heterocycles. The average molecular weight is 193 g/mol. The molecule has 0 amide bonds. The lowest BCUT2D eigenvalue weighted by Crippen LogP contribution is -1.99. The second-order valence-electron chi connectivity index (χ2n) is 4.71. The van der Waals surface area contributed by atoms with E-state index in [1.165, 1.54) is 11.3 Å². The summed E-state index contributed by atoms with van der Waals surface area (Å²) in [5, 5.41) is 9.46. The zero-order valence-electron chi connectivity index (χ0n) is 8.96. The Morgan fingerprint density at radius 3 is 2.71 bits per heavy atom. The first kappa shape index (κ1) is 9.78. The summed E-state index contributed by atoms with van der Waals surface area (Å²) in [7, 11) is 0. The van der Waals surface area contributed by atoms with Gasteiger partial charge in [-0.3, -0.25) is 0 Å². The molecular weight excluding hydrogens is 174 g/mol. The summed E-state index contributed by atoms with van der Waals surface area (Å²) in [6, 6.07) is 2.26. The van der Waals surface area contributed by atoms with Crippen molar-refractivity contribution >= 4 is 0 Å². The molecule has 0 radical (unpaired) electrons. The van der Waals surface area contributed by atoms with Crippen LogP contribution < -0.4 is 0 Å². The fraction of sp³-hybridized carbons (Fsp3) is 0.667. The number of nitrogens with one attached hydrogen (secondary N) is 1. The van der Waals surface area contributed by atoms with E-state index in [1.54, 1.807) is 0 Å². The molecule has 78 valence electrons. The van der Waals surface area contributed by atoms with Crippen molar-refractivity contribution in [2.24, 2.45) is 0 Å². The Labute approximate surface area is 85.3 Å². The molecule has 0 aromatic carbocycles. The Morgan fingerprint density at radius 1 is 1.43 bits per heavy atom. The van der Waals surface area contributed by atoms with Crippen molar-refractivity contribution in [3.63, 3.8) is 0 Å². The van der Waals surface area contributed by atoms with Crippen LogP contribution in [0.15, 0.2) is 12.3 Å². The maximum absolute atomic E-state index is 9.46. The van der Waals surface area contributed by atoms with E-state index in [0.717, 1.165) is 19.3 Å². The molecule has 1 aliphatic carbocycles. The molecule has 2 N–H and O–H groups in total. The van der Waals surface area contributed by atoms with Crippen LogP contribution in [0, 0.1) is 0 Å². The van der Waals surface area contributed by atoms with Crippen LogP contribution in [0.5, 0.6) is 0 Å². The van der Waals surface area contributed by atoms with Gasteiger partial charge < -0.3 is 10.1 Å². The third-order valence-corrected chi connectivity index (χ3v) is 3.24. The molecule has 1 aliphatic rings. The van der Waals surface area contributed by atoms with Gasteiger partial charge in [0, 0.05) is 17.8 Å². The van der Waals surface area contributed by atoms with Gasteiger partial charge in [-0.05, 0) is 36.8 Å². The first-order chi connectivity index (χ1) is 6.66. The Balaban J connectivity index is 2.09. The third kappa shape index (κ3) is 1.85. The molecule has 2 rings (SSSR count). The fourth-order valence-corrected chi connectivity index (χ4v) is 2.24. The summed E-state index contributed by atoms with van der Waals surface area (Å²) in [4.78, 5) is 3.34. The first-order valence-corrected chi connectivity index (χ1v) is 5.53. The third-order valence-electron chi connectivity index (χ3n) is 3.24. The summed E-state index contributed by atoms with van der Waals surface area (Å²) in [5.74, 6) is 1.14. The number of aromatic nitrogens is 1. The van der Waals surface area contributed by atoms with Gasteiger partial charge in [0.25, 0.3) is 0 Å². The van der Waals surface area contributed by atoms with Crippen LogP contribution in [-0.4, -0.2) is 16.2 Å². The molecular formula is C12H19NO. The quantitative estimate of drug-likeness (QED) is 0.744. The molecule has 0 aliphatic heterocycles. The Kier molecular flexibility index (Phi) is 2.64. The van der Waals surface area contributed by atoms with Crippen LogP contribution in [0.3, 0.4) is 0 Å². The molecule has 1 fully saturated rings. The van der Waals surface area contributed by atoms with E-state index in [4.69, 9.17) is 0 Å². The van der Waals surface area contributed by atoms with E-state index in [0.29, 0.717) is 11.8 Å². The van der Waals surface area contributed by atoms with Gasteiger partial charge in [-0.1, -0.05) is 13.8 Å². The van der Waals surface area contributed by atoms with E-state index in [1.807, 2.05) is 0 Å². The minimum absolute atomic E-state index is 0.0780. The SMILES string of the molecule is CC(C)c1c[nH]c(C2CCC(O)C2)c1. The summed E-state index contributed by atoms with van der Waals surface area (Å²) in [5.41, 5.74) is 2.69. The van der Waals surface area contributed by atoms with Crippen molar-refractivity contribution in [3.8, 4) is 0 Å². The highest BCUT2D eigenvalue weighted by atomic mass is 16.3. The van der Waals surface area contributed by atoms with Crippen molar-refractivity contribution < 1.29 is 5.11 Å². The molecule has 2 unspecified atom stereocenters. The average Bonchev–Trinajstić information content (AvgIpc) is 2.70. The number of aromatic amines is 1. The molecule has 0 bridgehead atoms. The van der Waals surface area contributed by atoms with Crippen LogP contribution in [0.4, 0.5) is 0 Å². The van der Waals surface area contributed by atoms with Gasteiger partial charge >= 0.3 is 0 Å². The van der Waals surface area contributed by atoms with E-state index >= 15 is 0 Å². The Morgan fingerprint density at radius 2 is 2.21 bits per heavy atom. The van der Waals surface area contributed by atoms with E-state index in [9.17, 15) is 5.11 Å². The molecule has 1 saturated carbocycles. The predicted molar refractivity (Wildman–Crippen MR) is 57.5 cm³/mol. The van der Waals surface area contributed by atoms with Gasteiger partial charge in [0.2, 0.25) is 0 Å². The topological polar surface area (TPSA) is 36.0 Å². The standard InChI is InChI=1S/C12H19NO/c1-8(2)10-6-12(13-7-10)9-3-4-11(14)5-9/h6-9,11,13-14H,3-5H2,1-2H3. The molecule has 1 aromatic heterocycles. The first-order valence-electron chi connectivity index (χ1n) is 5.53. The van der Waals surface area contributed by atoms with Crippen LogP contribution in [0.1, 0.15) is 56.2 Å². The van der Waals surface area contributed by atoms with Gasteiger partial charge in [-0.25, -0.2) is 0 Å². The Hall–Kier alpha value is -0.760. The molecule has 0 spiro atoms. The molecule has 2 heteroatoms. The minimum atomic E-state index is -0.0780. The maximum Gasteiger partial charge on any atom is 0.0546 e. The predicted octanol–water partition coefficient (Wildman–Crippen LogP) is 2.77. The fourth-order valence-electron chi connectivity index (χ4n) is 2.24. The van der Waals surface area contributed by atoms with Gasteiger partial charge in [0.15, 0.2) is 0 Å². The molecule has 1 aromatic rings. The summed E-state index contributed by atoms with van der Waals surface area (Å²) in [6.07, 6.45) is 5.04. The molecule has 14 heavy (non-hydrogen) atoms. The molecule has 2 atom stereocenters. The zero-order chi connectivity index (χ0) is 10.1. The van der Waals surface area contributed by atoms with Crippen LogP contribution in [0.25, 0.3) is 0 Å². The lowest BCUT2D eigenvalue weighted by Gasteiger charge is -2.05. The van der Waals surface area contributed by atoms with Gasteiger partial charge in [0.1, 0.15) is 0 Å². The van der Waals surface area contributed by atoms with Gasteiger partial charge in [0.05, 0.1) is 6.10 Å². The van der Waals surface area contributed by atoms with Crippen molar-refractivity contribution in [3.05, 3.63) is 23.5 Å². The Bertz CT molecular complexity index is 303. The van der Waals surface area contributed by atoms with Crippen molar-refractivity contribution in [1.82, 2.24) is 4.98 Å². The highest BCUT2D eigenvalue weighted by molar-refractivity contribution is 5.23. The van der Waals surface area contributed by atoms with Gasteiger partial charge in [-0.15, -0.1) is 0 Å². The van der Waals surface area contributed by atoms with Crippen LogP contribution in [-0.2, 0) is 0 Å². The molecule has 2 nitrogen and oxygen atoms in total. The second-order valence-corrected chi connectivity index (χ2v) is 4.71. The molecule has 0 saturated heterocycles. The zero-order valence-corrected chi connectivity index (χ0v) is 8.96. The highest BCUT2D eigenvalue weighted by Crippen LogP contribution is 2.34. The van der Waals surface area contributed by atoms with Gasteiger partial charge in [-0.2, -0.15) is 0 Å². The largest absolute Gasteiger partial charge is 0.393 e. The summed E-state index contributed by atoms with van der Waals surface area (Å²) in [6.45, 7) is 4.41.